The largest absolute Gasteiger partial charge is 0.298 e. The lowest BCUT2D eigenvalue weighted by Gasteiger charge is -2.30. The number of aldehydes is 2. The van der Waals surface area contributed by atoms with E-state index in [0.717, 1.165) is 23.7 Å². The highest BCUT2D eigenvalue weighted by molar-refractivity contribution is 5.98. The predicted octanol–water partition coefficient (Wildman–Crippen LogP) is 2.23. The van der Waals surface area contributed by atoms with Crippen LogP contribution in [0.4, 0.5) is 0 Å². The van der Waals surface area contributed by atoms with Gasteiger partial charge in [0, 0.05) is 17.1 Å². The first-order valence-electron chi connectivity index (χ1n) is 5.48. The highest BCUT2D eigenvalue weighted by atomic mass is 16.1. The van der Waals surface area contributed by atoms with Gasteiger partial charge < -0.3 is 0 Å². The molecule has 0 heterocycles. The van der Waals surface area contributed by atoms with Crippen LogP contribution >= 0.6 is 0 Å². The van der Waals surface area contributed by atoms with Crippen LogP contribution in [0.1, 0.15) is 0 Å². The second-order valence-corrected chi connectivity index (χ2v) is 4.19. The molecule has 3 rings (SSSR count). The topological polar surface area (TPSA) is 34.1 Å². The highest BCUT2D eigenvalue weighted by Crippen LogP contribution is 2.41. The van der Waals surface area contributed by atoms with Crippen molar-refractivity contribution in [3.8, 4) is 0 Å². The minimum Gasteiger partial charge on any atom is -0.298 e. The summed E-state index contributed by atoms with van der Waals surface area (Å²) >= 11 is 0. The molecular weight excluding hydrogens is 212 g/mol. The van der Waals surface area contributed by atoms with E-state index in [4.69, 9.17) is 0 Å². The van der Waals surface area contributed by atoms with Crippen LogP contribution in [-0.2, 0) is 9.59 Å². The van der Waals surface area contributed by atoms with Gasteiger partial charge in [-0.2, -0.15) is 0 Å². The van der Waals surface area contributed by atoms with Crippen LogP contribution < -0.4 is 0 Å². The molecular formula is C15H10O2. The average Bonchev–Trinajstić information content (AvgIpc) is 2.39. The zero-order valence-corrected chi connectivity index (χ0v) is 9.09. The molecule has 17 heavy (non-hydrogen) atoms. The Morgan fingerprint density at radius 3 is 2.47 bits per heavy atom. The van der Waals surface area contributed by atoms with E-state index in [1.54, 1.807) is 6.08 Å². The van der Waals surface area contributed by atoms with Crippen LogP contribution in [0.3, 0.4) is 0 Å². The van der Waals surface area contributed by atoms with Gasteiger partial charge >= 0.3 is 0 Å². The summed E-state index contributed by atoms with van der Waals surface area (Å²) in [6.07, 6.45) is 15.2. The molecule has 0 aromatic rings. The SMILES string of the molecule is O=CC1=CC2=CC=CC3=CC=CC(=C1C=O)C32. The third-order valence-electron chi connectivity index (χ3n) is 3.31. The Morgan fingerprint density at radius 2 is 1.71 bits per heavy atom. The summed E-state index contributed by atoms with van der Waals surface area (Å²) in [5.74, 6) is 0.119. The van der Waals surface area contributed by atoms with E-state index in [0.29, 0.717) is 11.1 Å². The predicted molar refractivity (Wildman–Crippen MR) is 65.2 cm³/mol. The van der Waals surface area contributed by atoms with Gasteiger partial charge in [-0.1, -0.05) is 36.5 Å². The zero-order chi connectivity index (χ0) is 11.8. The summed E-state index contributed by atoms with van der Waals surface area (Å²) in [4.78, 5) is 22.2. The molecule has 1 atom stereocenters. The van der Waals surface area contributed by atoms with Crippen molar-refractivity contribution in [2.24, 2.45) is 5.92 Å². The van der Waals surface area contributed by atoms with Gasteiger partial charge in [0.05, 0.1) is 0 Å². The van der Waals surface area contributed by atoms with Gasteiger partial charge in [-0.05, 0) is 22.8 Å². The van der Waals surface area contributed by atoms with Gasteiger partial charge in [-0.25, -0.2) is 0 Å². The van der Waals surface area contributed by atoms with Gasteiger partial charge in [0.2, 0.25) is 0 Å². The summed E-state index contributed by atoms with van der Waals surface area (Å²) in [5, 5.41) is 0. The van der Waals surface area contributed by atoms with Gasteiger partial charge in [0.25, 0.3) is 0 Å². The van der Waals surface area contributed by atoms with E-state index in [-0.39, 0.29) is 5.92 Å². The van der Waals surface area contributed by atoms with Crippen molar-refractivity contribution in [1.82, 2.24) is 0 Å². The first kappa shape index (κ1) is 9.97. The van der Waals surface area contributed by atoms with E-state index < -0.39 is 0 Å². The van der Waals surface area contributed by atoms with E-state index in [1.807, 2.05) is 36.5 Å². The fourth-order valence-corrected chi connectivity index (χ4v) is 2.56. The van der Waals surface area contributed by atoms with Gasteiger partial charge in [0.1, 0.15) is 0 Å². The fourth-order valence-electron chi connectivity index (χ4n) is 2.56. The van der Waals surface area contributed by atoms with Crippen molar-refractivity contribution < 1.29 is 9.59 Å². The Balaban J connectivity index is 2.28. The third kappa shape index (κ3) is 1.34. The number of allylic oxidation sites excluding steroid dienone is 12. The van der Waals surface area contributed by atoms with Crippen molar-refractivity contribution in [3.63, 3.8) is 0 Å². The fraction of sp³-hybridized carbons (Fsp3) is 0.0667. The van der Waals surface area contributed by atoms with Crippen LogP contribution in [0.5, 0.6) is 0 Å². The Labute approximate surface area is 99.0 Å². The molecule has 3 aliphatic carbocycles. The first-order chi connectivity index (χ1) is 8.35. The lowest BCUT2D eigenvalue weighted by atomic mass is 9.72. The van der Waals surface area contributed by atoms with Gasteiger partial charge in [-0.15, -0.1) is 0 Å². The summed E-state index contributed by atoms with van der Waals surface area (Å²) in [5.41, 5.74) is 4.15. The number of carbonyl (C=O) groups excluding carboxylic acids is 2. The van der Waals surface area contributed by atoms with Crippen molar-refractivity contribution in [2.75, 3.05) is 0 Å². The monoisotopic (exact) mass is 222 g/mol. The van der Waals surface area contributed by atoms with Crippen molar-refractivity contribution in [1.29, 1.82) is 0 Å². The van der Waals surface area contributed by atoms with Crippen LogP contribution in [0.15, 0.2) is 70.4 Å². The molecule has 82 valence electrons. The van der Waals surface area contributed by atoms with Crippen molar-refractivity contribution in [3.05, 3.63) is 70.4 Å². The van der Waals surface area contributed by atoms with Crippen LogP contribution in [0.25, 0.3) is 0 Å². The lowest BCUT2D eigenvalue weighted by Crippen LogP contribution is -2.19. The van der Waals surface area contributed by atoms with Gasteiger partial charge in [0.15, 0.2) is 12.6 Å². The molecule has 3 aliphatic rings. The number of hydrogen-bond acceptors (Lipinski definition) is 2. The van der Waals surface area contributed by atoms with E-state index in [9.17, 15) is 9.59 Å². The maximum Gasteiger partial charge on any atom is 0.151 e. The van der Waals surface area contributed by atoms with Crippen LogP contribution in [-0.4, -0.2) is 12.6 Å². The Bertz CT molecular complexity index is 592. The van der Waals surface area contributed by atoms with Crippen molar-refractivity contribution in [2.45, 2.75) is 0 Å². The minimum absolute atomic E-state index is 0.119. The molecule has 0 spiro atoms. The highest BCUT2D eigenvalue weighted by Gasteiger charge is 2.30. The average molecular weight is 222 g/mol. The standard InChI is InChI=1S/C15H10O2/c16-8-12-7-11-5-1-3-10-4-2-6-13(15(10)11)14(12)9-17/h1-9,15H. The molecule has 0 N–H and O–H groups in total. The van der Waals surface area contributed by atoms with E-state index in [1.165, 1.54) is 5.57 Å². The zero-order valence-electron chi connectivity index (χ0n) is 9.09. The molecule has 0 radical (unpaired) electrons. The van der Waals surface area contributed by atoms with Crippen LogP contribution in [0.2, 0.25) is 0 Å². The molecule has 0 aliphatic heterocycles. The summed E-state index contributed by atoms with van der Waals surface area (Å²) in [6.45, 7) is 0. The maximum atomic E-state index is 11.2. The molecule has 0 bridgehead atoms. The lowest BCUT2D eigenvalue weighted by molar-refractivity contribution is -0.107. The molecule has 2 nitrogen and oxygen atoms in total. The molecule has 1 unspecified atom stereocenters. The maximum absolute atomic E-state index is 11.2. The van der Waals surface area contributed by atoms with E-state index >= 15 is 0 Å². The second kappa shape index (κ2) is 3.67. The Kier molecular flexibility index (Phi) is 2.15. The second-order valence-electron chi connectivity index (χ2n) is 4.19. The summed E-state index contributed by atoms with van der Waals surface area (Å²) in [6, 6.07) is 0. The first-order valence-corrected chi connectivity index (χ1v) is 5.48. The minimum atomic E-state index is 0.119. The molecule has 0 fully saturated rings. The number of hydrogen-bond donors (Lipinski definition) is 0. The molecule has 0 saturated heterocycles. The normalized spacial score (nSPS) is 24.7. The molecule has 0 aromatic carbocycles. The molecule has 0 amide bonds. The molecule has 2 heteroatoms. The quantitative estimate of drug-likeness (QED) is 0.671. The summed E-state index contributed by atoms with van der Waals surface area (Å²) in [7, 11) is 0. The van der Waals surface area contributed by atoms with Crippen molar-refractivity contribution >= 4 is 12.6 Å². The number of rotatable bonds is 2. The number of carbonyl (C=O) groups is 2. The third-order valence-corrected chi connectivity index (χ3v) is 3.31. The Hall–Kier alpha value is -2.22. The van der Waals surface area contributed by atoms with Crippen LogP contribution in [0, 0.1) is 5.92 Å². The van der Waals surface area contributed by atoms with Gasteiger partial charge in [-0.3, -0.25) is 9.59 Å². The summed E-state index contributed by atoms with van der Waals surface area (Å²) < 4.78 is 0. The smallest absolute Gasteiger partial charge is 0.151 e. The van der Waals surface area contributed by atoms with E-state index in [2.05, 4.69) is 0 Å². The molecule has 0 saturated carbocycles. The molecule has 0 aromatic heterocycles. The Morgan fingerprint density at radius 1 is 0.941 bits per heavy atom.